The molecule has 4 N–H and O–H groups in total. The van der Waals surface area contributed by atoms with Gasteiger partial charge in [-0.2, -0.15) is 20.5 Å². The Labute approximate surface area is 386 Å². The highest BCUT2D eigenvalue weighted by Gasteiger charge is 2.26. The zero-order chi connectivity index (χ0) is 45.6. The number of para-hydroxylation sites is 2. The van der Waals surface area contributed by atoms with Gasteiger partial charge in [-0.1, -0.05) is 59.6 Å². The highest BCUT2D eigenvalue weighted by molar-refractivity contribution is 6.35. The van der Waals surface area contributed by atoms with Gasteiger partial charge in [-0.3, -0.25) is 28.8 Å². The maximum absolute atomic E-state index is 13.4. The molecule has 0 heterocycles. The first kappa shape index (κ1) is 48.0. The number of amides is 4. The minimum Gasteiger partial charge on any atom is -0.324 e. The SMILES string of the molecule is CC(=O)C(N=Nc1ccc(Cl)c(C(=O)Nc2ccccc2CCl)c1)C(=O)Nc1ccc(NC(=O)C(N=Nc2ccc(Cl)c(C(=O)Nc3ccccc3CCl)c2)C(C)=O)c(CCCl)c1. The van der Waals surface area contributed by atoms with Gasteiger partial charge in [-0.05, 0) is 104 Å². The van der Waals surface area contributed by atoms with Crippen molar-refractivity contribution in [1.29, 1.82) is 0 Å². The number of carbonyl (C=O) groups is 6. The summed E-state index contributed by atoms with van der Waals surface area (Å²) >= 11 is 30.7. The van der Waals surface area contributed by atoms with Gasteiger partial charge >= 0.3 is 0 Å². The Bertz CT molecular complexity index is 2620. The van der Waals surface area contributed by atoms with Gasteiger partial charge in [-0.15, -0.1) is 34.8 Å². The van der Waals surface area contributed by atoms with Crippen LogP contribution in [0.5, 0.6) is 0 Å². The summed E-state index contributed by atoms with van der Waals surface area (Å²) < 4.78 is 0. The van der Waals surface area contributed by atoms with Crippen molar-refractivity contribution in [3.8, 4) is 0 Å². The Kier molecular flexibility index (Phi) is 17.4. The molecule has 2 unspecified atom stereocenters. The molecule has 0 aliphatic heterocycles. The maximum Gasteiger partial charge on any atom is 0.258 e. The normalized spacial score (nSPS) is 12.1. The monoisotopic (exact) mass is 948 g/mol. The fourth-order valence-corrected chi connectivity index (χ4v) is 6.87. The highest BCUT2D eigenvalue weighted by atomic mass is 35.5. The van der Waals surface area contributed by atoms with Crippen molar-refractivity contribution in [2.75, 3.05) is 27.1 Å². The molecule has 0 aliphatic rings. The van der Waals surface area contributed by atoms with Crippen LogP contribution in [0.15, 0.2) is 124 Å². The van der Waals surface area contributed by atoms with Crippen LogP contribution in [0.3, 0.4) is 0 Å². The molecule has 19 heteroatoms. The van der Waals surface area contributed by atoms with Gasteiger partial charge in [0.1, 0.15) is 0 Å². The lowest BCUT2D eigenvalue weighted by Gasteiger charge is -2.15. The number of Topliss-reactive ketones (excluding diaryl/α,β-unsaturated/α-hetero) is 2. The van der Waals surface area contributed by atoms with E-state index in [1.807, 2.05) is 0 Å². The third-order valence-corrected chi connectivity index (χ3v) is 10.5. The molecule has 14 nitrogen and oxygen atoms in total. The van der Waals surface area contributed by atoms with Gasteiger partial charge in [-0.25, -0.2) is 0 Å². The first-order valence-electron chi connectivity index (χ1n) is 18.9. The van der Waals surface area contributed by atoms with Crippen LogP contribution in [-0.2, 0) is 37.4 Å². The van der Waals surface area contributed by atoms with Crippen LogP contribution in [-0.4, -0.2) is 53.2 Å². The molecule has 324 valence electrons. The largest absolute Gasteiger partial charge is 0.324 e. The lowest BCUT2D eigenvalue weighted by Crippen LogP contribution is -2.32. The van der Waals surface area contributed by atoms with E-state index >= 15 is 0 Å². The van der Waals surface area contributed by atoms with E-state index in [0.29, 0.717) is 28.1 Å². The van der Waals surface area contributed by atoms with Crippen LogP contribution in [0.4, 0.5) is 34.1 Å². The average molecular weight is 951 g/mol. The van der Waals surface area contributed by atoms with Gasteiger partial charge in [0.25, 0.3) is 23.6 Å². The first-order valence-corrected chi connectivity index (χ1v) is 21.2. The predicted molar refractivity (Wildman–Crippen MR) is 247 cm³/mol. The Morgan fingerprint density at radius 2 is 0.968 bits per heavy atom. The quantitative estimate of drug-likeness (QED) is 0.0382. The van der Waals surface area contributed by atoms with Gasteiger partial charge in [0.15, 0.2) is 11.6 Å². The number of carbonyl (C=O) groups excluding carboxylic acids is 6. The van der Waals surface area contributed by atoms with E-state index in [-0.39, 0.29) is 68.0 Å². The van der Waals surface area contributed by atoms with Crippen molar-refractivity contribution in [2.45, 2.75) is 44.1 Å². The smallest absolute Gasteiger partial charge is 0.258 e. The summed E-state index contributed by atoms with van der Waals surface area (Å²) in [6.07, 6.45) is 0.220. The van der Waals surface area contributed by atoms with Gasteiger partial charge in [0.05, 0.1) is 32.5 Å². The second-order valence-electron chi connectivity index (χ2n) is 13.6. The van der Waals surface area contributed by atoms with Gasteiger partial charge < -0.3 is 21.3 Å². The second kappa shape index (κ2) is 22.9. The molecule has 0 saturated heterocycles. The van der Waals surface area contributed by atoms with E-state index < -0.39 is 47.3 Å². The highest BCUT2D eigenvalue weighted by Crippen LogP contribution is 2.28. The Balaban J connectivity index is 1.27. The molecule has 0 saturated carbocycles. The van der Waals surface area contributed by atoms with E-state index in [2.05, 4.69) is 41.7 Å². The fraction of sp³-hybridized carbons (Fsp3) is 0.182. The molecule has 0 aromatic heterocycles. The number of hydrogen-bond acceptors (Lipinski definition) is 10. The minimum absolute atomic E-state index is 0.0691. The van der Waals surface area contributed by atoms with Crippen molar-refractivity contribution >= 4 is 127 Å². The standard InChI is InChI=1S/C44H37Cl5N8O6/c1-24(58)39(56-54-30-11-14-34(48)32(20-30)41(60)51-36-9-5-3-7-27(36)22-46)43(62)50-29-13-16-38(26(19-29)17-18-45)53-44(63)40(25(2)59)57-55-31-12-15-35(49)33(21-31)42(61)52-37-10-6-4-8-28(37)23-47/h3-16,19-21,39-40H,17-18,22-23H2,1-2H3,(H,50,62)(H,51,60)(H,52,61)(H,53,63). The second-order valence-corrected chi connectivity index (χ2v) is 15.3. The summed E-state index contributed by atoms with van der Waals surface area (Å²) in [6.45, 7) is 2.34. The molecule has 0 spiro atoms. The Morgan fingerprint density at radius 1 is 0.524 bits per heavy atom. The topological polar surface area (TPSA) is 200 Å². The number of benzene rings is 5. The van der Waals surface area contributed by atoms with Gasteiger partial charge in [0.2, 0.25) is 12.1 Å². The zero-order valence-electron chi connectivity index (χ0n) is 33.4. The van der Waals surface area contributed by atoms with Crippen molar-refractivity contribution in [1.82, 2.24) is 0 Å². The van der Waals surface area contributed by atoms with Crippen molar-refractivity contribution in [3.05, 3.63) is 141 Å². The average Bonchev–Trinajstić information content (AvgIpc) is 3.25. The molecule has 0 fully saturated rings. The summed E-state index contributed by atoms with van der Waals surface area (Å²) in [7, 11) is 0. The number of ketones is 2. The Morgan fingerprint density at radius 3 is 1.41 bits per heavy atom. The summed E-state index contributed by atoms with van der Waals surface area (Å²) in [5.41, 5.74) is 3.80. The van der Waals surface area contributed by atoms with Crippen molar-refractivity contribution in [2.24, 2.45) is 20.5 Å². The molecule has 5 rings (SSSR count). The molecular weight excluding hydrogens is 914 g/mol. The number of aryl methyl sites for hydroxylation is 1. The summed E-state index contributed by atoms with van der Waals surface area (Å²) in [4.78, 5) is 78.3. The molecule has 0 radical (unpaired) electrons. The number of alkyl halides is 3. The maximum atomic E-state index is 13.4. The number of halogens is 5. The molecular formula is C44H37Cl5N8O6. The number of hydrogen-bond donors (Lipinski definition) is 4. The van der Waals surface area contributed by atoms with Crippen LogP contribution < -0.4 is 21.3 Å². The lowest BCUT2D eigenvalue weighted by atomic mass is 10.1. The van der Waals surface area contributed by atoms with Crippen LogP contribution in [0.1, 0.15) is 51.3 Å². The molecule has 2 atom stereocenters. The fourth-order valence-electron chi connectivity index (χ4n) is 5.80. The van der Waals surface area contributed by atoms with Crippen LogP contribution in [0.2, 0.25) is 10.0 Å². The van der Waals surface area contributed by atoms with E-state index in [0.717, 1.165) is 0 Å². The van der Waals surface area contributed by atoms with E-state index in [1.54, 1.807) is 48.5 Å². The number of nitrogens with zero attached hydrogens (tertiary/aromatic N) is 4. The molecule has 5 aromatic rings. The van der Waals surface area contributed by atoms with Crippen LogP contribution >= 0.6 is 58.0 Å². The van der Waals surface area contributed by atoms with E-state index in [1.165, 1.54) is 68.4 Å². The summed E-state index contributed by atoms with van der Waals surface area (Å²) in [5, 5.41) is 27.2. The van der Waals surface area contributed by atoms with Crippen LogP contribution in [0.25, 0.3) is 0 Å². The minimum atomic E-state index is -1.59. The summed E-state index contributed by atoms with van der Waals surface area (Å²) in [6, 6.07) is 23.8. The number of anilines is 4. The molecule has 4 amide bonds. The number of rotatable bonds is 18. The summed E-state index contributed by atoms with van der Waals surface area (Å²) in [5.74, 6) is -3.50. The third kappa shape index (κ3) is 13.0. The molecule has 5 aromatic carbocycles. The van der Waals surface area contributed by atoms with Crippen LogP contribution in [0, 0.1) is 0 Å². The first-order chi connectivity index (χ1) is 30.2. The lowest BCUT2D eigenvalue weighted by molar-refractivity contribution is -0.127. The van der Waals surface area contributed by atoms with Crippen molar-refractivity contribution in [3.63, 3.8) is 0 Å². The predicted octanol–water partition coefficient (Wildman–Crippen LogP) is 11.1. The van der Waals surface area contributed by atoms with Gasteiger partial charge in [0, 0.05) is 40.4 Å². The van der Waals surface area contributed by atoms with Crippen molar-refractivity contribution < 1.29 is 28.8 Å². The van der Waals surface area contributed by atoms with E-state index in [4.69, 9.17) is 58.0 Å². The third-order valence-electron chi connectivity index (χ3n) is 9.05. The molecule has 63 heavy (non-hydrogen) atoms. The number of azo groups is 2. The molecule has 0 bridgehead atoms. The zero-order valence-corrected chi connectivity index (χ0v) is 37.2. The molecule has 0 aliphatic carbocycles. The van der Waals surface area contributed by atoms with E-state index in [9.17, 15) is 28.8 Å². The Hall–Kier alpha value is -6.03. The number of nitrogens with one attached hydrogen (secondary N) is 4.